The van der Waals surface area contributed by atoms with Crippen LogP contribution in [0.2, 0.25) is 0 Å². The number of hydrogen-bond donors (Lipinski definition) is 2. The van der Waals surface area contributed by atoms with Gasteiger partial charge in [0.05, 0.1) is 10.5 Å². The number of nitrogens with one attached hydrogen (secondary N) is 1. The summed E-state index contributed by atoms with van der Waals surface area (Å²) in [6.45, 7) is 2.23. The highest BCUT2D eigenvalue weighted by Crippen LogP contribution is 2.27. The highest BCUT2D eigenvalue weighted by Gasteiger charge is 2.42. The minimum absolute atomic E-state index is 0.0373. The molecule has 2 amide bonds. The lowest BCUT2D eigenvalue weighted by molar-refractivity contribution is -0.384. The van der Waals surface area contributed by atoms with E-state index in [4.69, 9.17) is 5.73 Å². The number of non-ortho nitro benzene ring substituents is 1. The van der Waals surface area contributed by atoms with Gasteiger partial charge in [0.25, 0.3) is 11.6 Å². The number of benzene rings is 2. The van der Waals surface area contributed by atoms with Crippen LogP contribution < -0.4 is 11.1 Å². The summed E-state index contributed by atoms with van der Waals surface area (Å²) in [4.78, 5) is 45.2. The van der Waals surface area contributed by atoms with Crippen molar-refractivity contribution in [1.29, 1.82) is 0 Å². The number of carbonyl (C=O) groups excluding carboxylic acids is 2. The molecule has 1 saturated heterocycles. The van der Waals surface area contributed by atoms with Crippen molar-refractivity contribution in [2.75, 3.05) is 26.2 Å². The molecular weight excluding hydrogens is 484 g/mol. The molecule has 10 heteroatoms. The lowest BCUT2D eigenvalue weighted by Gasteiger charge is -2.29. The summed E-state index contributed by atoms with van der Waals surface area (Å²) < 4.78 is 0. The van der Waals surface area contributed by atoms with Crippen molar-refractivity contribution >= 4 is 17.5 Å². The number of hydrogen-bond acceptors (Lipinski definition) is 7. The van der Waals surface area contributed by atoms with Gasteiger partial charge >= 0.3 is 0 Å². The highest BCUT2D eigenvalue weighted by atomic mass is 16.6. The fraction of sp³-hybridized carbons (Fsp3) is 0.321. The Morgan fingerprint density at radius 1 is 1.08 bits per heavy atom. The number of likely N-dealkylation sites (tertiary alicyclic amines) is 1. The lowest BCUT2D eigenvalue weighted by atomic mass is 10.1. The number of nitro groups is 1. The maximum Gasteiger partial charge on any atom is 0.269 e. The molecule has 38 heavy (non-hydrogen) atoms. The second kappa shape index (κ2) is 12.9. The van der Waals surface area contributed by atoms with Crippen LogP contribution in [0.5, 0.6) is 0 Å². The quantitative estimate of drug-likeness (QED) is 0.295. The smallest absolute Gasteiger partial charge is 0.269 e. The van der Waals surface area contributed by atoms with Crippen LogP contribution in [0.3, 0.4) is 0 Å². The first-order chi connectivity index (χ1) is 18.5. The van der Waals surface area contributed by atoms with Gasteiger partial charge in [-0.15, -0.1) is 0 Å². The summed E-state index contributed by atoms with van der Waals surface area (Å²) in [5, 5.41) is 13.9. The zero-order chi connectivity index (χ0) is 26.9. The minimum Gasteiger partial charge on any atom is -0.353 e. The molecule has 3 aromatic rings. The average Bonchev–Trinajstić information content (AvgIpc) is 3.40. The van der Waals surface area contributed by atoms with Gasteiger partial charge in [0.15, 0.2) is 0 Å². The SMILES string of the molecule is NCCNC(=O)C1CC(N(CCc2ccccc2)Cc2ccc([N+](=O)[O-])cc2)CN1C(=O)c1cccnc1. The van der Waals surface area contributed by atoms with Crippen LogP contribution in [0, 0.1) is 10.1 Å². The zero-order valence-corrected chi connectivity index (χ0v) is 21.1. The van der Waals surface area contributed by atoms with Crippen LogP contribution in [-0.4, -0.2) is 69.8 Å². The van der Waals surface area contributed by atoms with E-state index in [0.717, 1.165) is 12.0 Å². The third-order valence-corrected chi connectivity index (χ3v) is 6.77. The molecule has 198 valence electrons. The molecule has 0 aliphatic carbocycles. The Kier molecular flexibility index (Phi) is 9.12. The van der Waals surface area contributed by atoms with Gasteiger partial charge in [0.1, 0.15) is 6.04 Å². The molecular formula is C28H32N6O4. The molecule has 1 fully saturated rings. The van der Waals surface area contributed by atoms with Crippen molar-refractivity contribution in [3.63, 3.8) is 0 Å². The van der Waals surface area contributed by atoms with Crippen LogP contribution in [0.4, 0.5) is 5.69 Å². The molecule has 10 nitrogen and oxygen atoms in total. The van der Waals surface area contributed by atoms with E-state index in [9.17, 15) is 19.7 Å². The van der Waals surface area contributed by atoms with Gasteiger partial charge in [0, 0.05) is 63.3 Å². The molecule has 0 saturated carbocycles. The third kappa shape index (κ3) is 6.78. The Morgan fingerprint density at radius 3 is 2.50 bits per heavy atom. The molecule has 2 aromatic carbocycles. The van der Waals surface area contributed by atoms with Gasteiger partial charge in [-0.2, -0.15) is 0 Å². The monoisotopic (exact) mass is 516 g/mol. The molecule has 1 aromatic heterocycles. The van der Waals surface area contributed by atoms with Gasteiger partial charge in [-0.05, 0) is 36.1 Å². The number of rotatable bonds is 11. The standard InChI is InChI=1S/C28H32N6O4/c29-13-15-31-27(35)26-17-25(20-33(26)28(36)23-7-4-14-30-18-23)32(16-12-21-5-2-1-3-6-21)19-22-8-10-24(11-9-22)34(37)38/h1-11,14,18,25-26H,12-13,15-17,19-20,29H2,(H,31,35). The van der Waals surface area contributed by atoms with Crippen molar-refractivity contribution in [3.05, 3.63) is 106 Å². The Balaban J connectivity index is 1.58. The molecule has 2 atom stereocenters. The van der Waals surface area contributed by atoms with Crippen molar-refractivity contribution in [2.24, 2.45) is 5.73 Å². The summed E-state index contributed by atoms with van der Waals surface area (Å²) in [6, 6.07) is 19.3. The minimum atomic E-state index is -0.643. The molecule has 0 spiro atoms. The second-order valence-corrected chi connectivity index (χ2v) is 9.31. The van der Waals surface area contributed by atoms with E-state index in [1.54, 1.807) is 35.4 Å². The van der Waals surface area contributed by atoms with Gasteiger partial charge in [-0.1, -0.05) is 42.5 Å². The number of nitrogens with zero attached hydrogens (tertiary/aromatic N) is 4. The number of nitro benzene ring substituents is 1. The van der Waals surface area contributed by atoms with Crippen LogP contribution in [0.25, 0.3) is 0 Å². The van der Waals surface area contributed by atoms with Crippen LogP contribution in [-0.2, 0) is 17.8 Å². The third-order valence-electron chi connectivity index (χ3n) is 6.77. The molecule has 4 rings (SSSR count). The summed E-state index contributed by atoms with van der Waals surface area (Å²) in [5.74, 6) is -0.472. The topological polar surface area (TPSA) is 135 Å². The van der Waals surface area contributed by atoms with E-state index in [1.165, 1.54) is 23.9 Å². The first kappa shape index (κ1) is 26.9. The fourth-order valence-electron chi connectivity index (χ4n) is 4.79. The van der Waals surface area contributed by atoms with Crippen LogP contribution in [0.1, 0.15) is 27.9 Å². The molecule has 0 bridgehead atoms. The number of carbonyl (C=O) groups is 2. The summed E-state index contributed by atoms with van der Waals surface area (Å²) in [6.07, 6.45) is 4.36. The summed E-state index contributed by atoms with van der Waals surface area (Å²) in [5.41, 5.74) is 8.16. The highest BCUT2D eigenvalue weighted by molar-refractivity contribution is 5.97. The largest absolute Gasteiger partial charge is 0.353 e. The predicted octanol–water partition coefficient (Wildman–Crippen LogP) is 2.39. The van der Waals surface area contributed by atoms with Gasteiger partial charge in [-0.25, -0.2) is 0 Å². The van der Waals surface area contributed by atoms with Crippen molar-refractivity contribution in [1.82, 2.24) is 20.1 Å². The second-order valence-electron chi connectivity index (χ2n) is 9.31. The molecule has 0 radical (unpaired) electrons. The van der Waals surface area contributed by atoms with Crippen molar-refractivity contribution < 1.29 is 14.5 Å². The molecule has 3 N–H and O–H groups in total. The van der Waals surface area contributed by atoms with E-state index in [-0.39, 0.29) is 23.5 Å². The zero-order valence-electron chi connectivity index (χ0n) is 21.1. The van der Waals surface area contributed by atoms with Gasteiger partial charge in [-0.3, -0.25) is 29.6 Å². The first-order valence-electron chi connectivity index (χ1n) is 12.7. The lowest BCUT2D eigenvalue weighted by Crippen LogP contribution is -2.47. The average molecular weight is 517 g/mol. The number of aromatic nitrogens is 1. The van der Waals surface area contributed by atoms with E-state index in [0.29, 0.717) is 44.7 Å². The van der Waals surface area contributed by atoms with Gasteiger partial charge in [0.2, 0.25) is 5.91 Å². The van der Waals surface area contributed by atoms with Crippen LogP contribution >= 0.6 is 0 Å². The van der Waals surface area contributed by atoms with Crippen molar-refractivity contribution in [3.8, 4) is 0 Å². The van der Waals surface area contributed by atoms with Gasteiger partial charge < -0.3 is 16.0 Å². The number of pyridine rings is 1. The molecule has 1 aliphatic rings. The fourth-order valence-corrected chi connectivity index (χ4v) is 4.79. The van der Waals surface area contributed by atoms with E-state index < -0.39 is 11.0 Å². The Hall–Kier alpha value is -4.15. The Morgan fingerprint density at radius 2 is 1.84 bits per heavy atom. The maximum atomic E-state index is 13.4. The predicted molar refractivity (Wildman–Crippen MR) is 143 cm³/mol. The normalized spacial score (nSPS) is 16.9. The first-order valence-corrected chi connectivity index (χ1v) is 12.7. The Bertz CT molecular complexity index is 1220. The molecule has 2 heterocycles. The summed E-state index contributed by atoms with van der Waals surface area (Å²) >= 11 is 0. The number of amides is 2. The van der Waals surface area contributed by atoms with Crippen molar-refractivity contribution in [2.45, 2.75) is 31.5 Å². The molecule has 1 aliphatic heterocycles. The maximum absolute atomic E-state index is 13.4. The Labute approximate surface area is 221 Å². The summed E-state index contributed by atoms with van der Waals surface area (Å²) in [7, 11) is 0. The van der Waals surface area contributed by atoms with E-state index in [1.807, 2.05) is 18.2 Å². The van der Waals surface area contributed by atoms with E-state index in [2.05, 4.69) is 27.3 Å². The molecule has 2 unspecified atom stereocenters. The van der Waals surface area contributed by atoms with Crippen LogP contribution in [0.15, 0.2) is 79.1 Å². The van der Waals surface area contributed by atoms with E-state index >= 15 is 0 Å². The number of nitrogens with two attached hydrogens (primary N) is 1.